The lowest BCUT2D eigenvalue weighted by Gasteiger charge is -2.16. The van der Waals surface area contributed by atoms with E-state index in [1.807, 2.05) is 0 Å². The maximum absolute atomic E-state index is 3.69. The lowest BCUT2D eigenvalue weighted by atomic mass is 10.1. The average molecular weight is 183 g/mol. The van der Waals surface area contributed by atoms with Gasteiger partial charge in [-0.3, -0.25) is 0 Å². The molecule has 1 rings (SSSR count). The van der Waals surface area contributed by atoms with Crippen molar-refractivity contribution < 1.29 is 0 Å². The number of nitrogens with one attached hydrogen (secondary N) is 1. The number of unbranched alkanes of at least 4 members (excludes halogenated alkanes) is 3. The SMILES string of the molecule is CCCCCCN[C@@H]1CCC[C@@H]1C. The first-order valence-corrected chi connectivity index (χ1v) is 6.08. The first-order valence-electron chi connectivity index (χ1n) is 6.08. The summed E-state index contributed by atoms with van der Waals surface area (Å²) in [5, 5.41) is 3.69. The third-order valence-electron chi connectivity index (χ3n) is 3.30. The average Bonchev–Trinajstić information content (AvgIpc) is 2.52. The van der Waals surface area contributed by atoms with Crippen LogP contribution in [0, 0.1) is 5.92 Å². The van der Waals surface area contributed by atoms with E-state index in [1.165, 1.54) is 51.5 Å². The summed E-state index contributed by atoms with van der Waals surface area (Å²) in [5.41, 5.74) is 0. The minimum absolute atomic E-state index is 0.835. The van der Waals surface area contributed by atoms with Gasteiger partial charge in [-0.05, 0) is 31.7 Å². The highest BCUT2D eigenvalue weighted by molar-refractivity contribution is 4.79. The molecule has 0 spiro atoms. The van der Waals surface area contributed by atoms with Crippen LogP contribution in [0.2, 0.25) is 0 Å². The van der Waals surface area contributed by atoms with Crippen LogP contribution in [0.25, 0.3) is 0 Å². The van der Waals surface area contributed by atoms with Gasteiger partial charge in [0.05, 0.1) is 0 Å². The molecule has 0 saturated heterocycles. The van der Waals surface area contributed by atoms with Gasteiger partial charge in [-0.1, -0.05) is 39.5 Å². The van der Waals surface area contributed by atoms with E-state index in [0.29, 0.717) is 0 Å². The molecule has 0 aromatic rings. The van der Waals surface area contributed by atoms with Crippen molar-refractivity contribution in [1.29, 1.82) is 0 Å². The van der Waals surface area contributed by atoms with Crippen LogP contribution in [0.4, 0.5) is 0 Å². The topological polar surface area (TPSA) is 12.0 Å². The van der Waals surface area contributed by atoms with Crippen molar-refractivity contribution in [3.63, 3.8) is 0 Å². The molecular formula is C12H25N. The maximum Gasteiger partial charge on any atom is 0.00926 e. The molecule has 0 aliphatic heterocycles. The third-order valence-corrected chi connectivity index (χ3v) is 3.30. The van der Waals surface area contributed by atoms with E-state index in [0.717, 1.165) is 12.0 Å². The molecular weight excluding hydrogens is 158 g/mol. The molecule has 0 amide bonds. The second-order valence-electron chi connectivity index (χ2n) is 4.53. The van der Waals surface area contributed by atoms with Crippen molar-refractivity contribution >= 4 is 0 Å². The molecule has 1 aliphatic carbocycles. The summed E-state index contributed by atoms with van der Waals surface area (Å²) in [5.74, 6) is 0.922. The fourth-order valence-corrected chi connectivity index (χ4v) is 2.29. The summed E-state index contributed by atoms with van der Waals surface area (Å²) >= 11 is 0. The Balaban J connectivity index is 1.93. The Labute approximate surface area is 83.3 Å². The zero-order chi connectivity index (χ0) is 9.52. The lowest BCUT2D eigenvalue weighted by Crippen LogP contribution is -2.31. The second-order valence-corrected chi connectivity index (χ2v) is 4.53. The summed E-state index contributed by atoms with van der Waals surface area (Å²) in [6, 6.07) is 0.835. The standard InChI is InChI=1S/C12H25N/c1-3-4-5-6-10-13-12-9-7-8-11(12)2/h11-13H,3-10H2,1-2H3/t11-,12+/m0/s1. The van der Waals surface area contributed by atoms with E-state index in [4.69, 9.17) is 0 Å². The van der Waals surface area contributed by atoms with Crippen molar-refractivity contribution in [2.45, 2.75) is 64.8 Å². The van der Waals surface area contributed by atoms with E-state index in [2.05, 4.69) is 19.2 Å². The molecule has 0 bridgehead atoms. The van der Waals surface area contributed by atoms with Gasteiger partial charge in [0.15, 0.2) is 0 Å². The Morgan fingerprint density at radius 2 is 2.00 bits per heavy atom. The van der Waals surface area contributed by atoms with Gasteiger partial charge < -0.3 is 5.32 Å². The van der Waals surface area contributed by atoms with Gasteiger partial charge in [-0.25, -0.2) is 0 Å². The Hall–Kier alpha value is -0.0400. The summed E-state index contributed by atoms with van der Waals surface area (Å²) in [6.45, 7) is 5.90. The molecule has 1 heteroatoms. The van der Waals surface area contributed by atoms with Gasteiger partial charge in [0.2, 0.25) is 0 Å². The zero-order valence-electron chi connectivity index (χ0n) is 9.31. The van der Waals surface area contributed by atoms with E-state index in [9.17, 15) is 0 Å². The highest BCUT2D eigenvalue weighted by Crippen LogP contribution is 2.24. The zero-order valence-corrected chi connectivity index (χ0v) is 9.31. The van der Waals surface area contributed by atoms with Gasteiger partial charge >= 0.3 is 0 Å². The Morgan fingerprint density at radius 3 is 2.62 bits per heavy atom. The lowest BCUT2D eigenvalue weighted by molar-refractivity contribution is 0.420. The van der Waals surface area contributed by atoms with Crippen molar-refractivity contribution in [3.8, 4) is 0 Å². The highest BCUT2D eigenvalue weighted by Gasteiger charge is 2.21. The molecule has 0 heterocycles. The molecule has 0 unspecified atom stereocenters. The molecule has 0 aromatic carbocycles. The Morgan fingerprint density at radius 1 is 1.15 bits per heavy atom. The van der Waals surface area contributed by atoms with Crippen molar-refractivity contribution in [2.24, 2.45) is 5.92 Å². The van der Waals surface area contributed by atoms with Crippen LogP contribution in [0.15, 0.2) is 0 Å². The highest BCUT2D eigenvalue weighted by atomic mass is 14.9. The normalized spacial score (nSPS) is 28.2. The van der Waals surface area contributed by atoms with Crippen LogP contribution in [-0.2, 0) is 0 Å². The number of rotatable bonds is 6. The monoisotopic (exact) mass is 183 g/mol. The van der Waals surface area contributed by atoms with Crippen molar-refractivity contribution in [3.05, 3.63) is 0 Å². The molecule has 1 nitrogen and oxygen atoms in total. The van der Waals surface area contributed by atoms with Crippen LogP contribution in [0.3, 0.4) is 0 Å². The smallest absolute Gasteiger partial charge is 0.00926 e. The van der Waals surface area contributed by atoms with Crippen LogP contribution in [0.1, 0.15) is 58.8 Å². The minimum atomic E-state index is 0.835. The molecule has 78 valence electrons. The predicted molar refractivity (Wildman–Crippen MR) is 58.9 cm³/mol. The second kappa shape index (κ2) is 6.42. The molecule has 1 saturated carbocycles. The van der Waals surface area contributed by atoms with Gasteiger partial charge in [0.25, 0.3) is 0 Å². The van der Waals surface area contributed by atoms with E-state index in [-0.39, 0.29) is 0 Å². The first-order chi connectivity index (χ1) is 6.34. The van der Waals surface area contributed by atoms with Crippen molar-refractivity contribution in [2.75, 3.05) is 6.54 Å². The molecule has 0 aromatic heterocycles. The van der Waals surface area contributed by atoms with Crippen LogP contribution >= 0.6 is 0 Å². The molecule has 0 radical (unpaired) electrons. The summed E-state index contributed by atoms with van der Waals surface area (Å²) in [7, 11) is 0. The van der Waals surface area contributed by atoms with E-state index >= 15 is 0 Å². The molecule has 2 atom stereocenters. The largest absolute Gasteiger partial charge is 0.314 e. The summed E-state index contributed by atoms with van der Waals surface area (Å²) in [4.78, 5) is 0. The first kappa shape index (κ1) is 11.0. The van der Waals surface area contributed by atoms with Gasteiger partial charge in [0.1, 0.15) is 0 Å². The van der Waals surface area contributed by atoms with E-state index in [1.54, 1.807) is 0 Å². The van der Waals surface area contributed by atoms with Crippen LogP contribution in [-0.4, -0.2) is 12.6 Å². The van der Waals surface area contributed by atoms with Crippen LogP contribution < -0.4 is 5.32 Å². The quantitative estimate of drug-likeness (QED) is 0.623. The van der Waals surface area contributed by atoms with Gasteiger partial charge in [-0.15, -0.1) is 0 Å². The van der Waals surface area contributed by atoms with Gasteiger partial charge in [0, 0.05) is 6.04 Å². The molecule has 1 fully saturated rings. The fourth-order valence-electron chi connectivity index (χ4n) is 2.29. The number of hydrogen-bond donors (Lipinski definition) is 1. The molecule has 1 aliphatic rings. The van der Waals surface area contributed by atoms with E-state index < -0.39 is 0 Å². The summed E-state index contributed by atoms with van der Waals surface area (Å²) in [6.07, 6.45) is 9.82. The Kier molecular flexibility index (Phi) is 5.45. The fraction of sp³-hybridized carbons (Fsp3) is 1.00. The number of hydrogen-bond acceptors (Lipinski definition) is 1. The Bertz CT molecular complexity index is 122. The third kappa shape index (κ3) is 4.12. The summed E-state index contributed by atoms with van der Waals surface area (Å²) < 4.78 is 0. The van der Waals surface area contributed by atoms with Crippen molar-refractivity contribution in [1.82, 2.24) is 5.32 Å². The van der Waals surface area contributed by atoms with Gasteiger partial charge in [-0.2, -0.15) is 0 Å². The maximum atomic E-state index is 3.69. The minimum Gasteiger partial charge on any atom is -0.314 e. The van der Waals surface area contributed by atoms with Crippen LogP contribution in [0.5, 0.6) is 0 Å². The molecule has 13 heavy (non-hydrogen) atoms. The molecule has 1 N–H and O–H groups in total. The predicted octanol–water partition coefficient (Wildman–Crippen LogP) is 3.34.